The van der Waals surface area contributed by atoms with Crippen LogP contribution in [0, 0.1) is 15.9 Å². The minimum Gasteiger partial charge on any atom is -0.351 e. The molecular weight excluding hydrogens is 387 g/mol. The molecule has 20 heavy (non-hydrogen) atoms. The molecule has 0 saturated carbocycles. The molecule has 2 N–H and O–H groups in total. The molecule has 0 radical (unpaired) electrons. The third kappa shape index (κ3) is 4.33. The SMILES string of the molecule is Cc1cccc(C(=O)NCC2(C)CCNCC2)c1I.Cl. The highest BCUT2D eigenvalue weighted by molar-refractivity contribution is 14.1. The van der Waals surface area contributed by atoms with Crippen LogP contribution in [0.25, 0.3) is 0 Å². The highest BCUT2D eigenvalue weighted by atomic mass is 127. The van der Waals surface area contributed by atoms with Crippen LogP contribution >= 0.6 is 35.0 Å². The molecule has 0 spiro atoms. The summed E-state index contributed by atoms with van der Waals surface area (Å²) in [6, 6.07) is 5.88. The summed E-state index contributed by atoms with van der Waals surface area (Å²) in [5, 5.41) is 6.47. The van der Waals surface area contributed by atoms with Crippen LogP contribution in [0.3, 0.4) is 0 Å². The number of carbonyl (C=O) groups is 1. The number of piperidine rings is 1. The van der Waals surface area contributed by atoms with E-state index < -0.39 is 0 Å². The summed E-state index contributed by atoms with van der Waals surface area (Å²) >= 11 is 2.25. The van der Waals surface area contributed by atoms with Crippen molar-refractivity contribution in [3.05, 3.63) is 32.9 Å². The second kappa shape index (κ2) is 7.61. The Bertz CT molecular complexity index is 473. The van der Waals surface area contributed by atoms with Crippen LogP contribution in [0.4, 0.5) is 0 Å². The molecule has 1 saturated heterocycles. The quantitative estimate of drug-likeness (QED) is 0.755. The van der Waals surface area contributed by atoms with Gasteiger partial charge in [0.15, 0.2) is 0 Å². The van der Waals surface area contributed by atoms with E-state index in [1.54, 1.807) is 0 Å². The van der Waals surface area contributed by atoms with Gasteiger partial charge >= 0.3 is 0 Å². The number of hydrogen-bond donors (Lipinski definition) is 2. The zero-order chi connectivity index (χ0) is 13.9. The summed E-state index contributed by atoms with van der Waals surface area (Å²) in [4.78, 5) is 12.3. The molecule has 1 aromatic rings. The molecule has 2 rings (SSSR count). The van der Waals surface area contributed by atoms with E-state index in [-0.39, 0.29) is 23.7 Å². The first-order valence-electron chi connectivity index (χ1n) is 6.76. The van der Waals surface area contributed by atoms with Gasteiger partial charge in [-0.2, -0.15) is 0 Å². The molecule has 0 bridgehead atoms. The molecule has 1 amide bonds. The first-order chi connectivity index (χ1) is 9.02. The molecule has 0 unspecified atom stereocenters. The Kier molecular flexibility index (Phi) is 6.75. The number of aryl methyl sites for hydroxylation is 1. The van der Waals surface area contributed by atoms with Gasteiger partial charge in [0, 0.05) is 10.1 Å². The molecule has 1 heterocycles. The van der Waals surface area contributed by atoms with Crippen molar-refractivity contribution >= 4 is 40.9 Å². The molecule has 1 aromatic carbocycles. The number of benzene rings is 1. The lowest BCUT2D eigenvalue weighted by atomic mass is 9.81. The Morgan fingerprint density at radius 3 is 2.70 bits per heavy atom. The zero-order valence-corrected chi connectivity index (χ0v) is 14.9. The Morgan fingerprint density at radius 1 is 1.40 bits per heavy atom. The van der Waals surface area contributed by atoms with Gasteiger partial charge in [0.25, 0.3) is 5.91 Å². The van der Waals surface area contributed by atoms with Crippen molar-refractivity contribution in [2.24, 2.45) is 5.41 Å². The zero-order valence-electron chi connectivity index (χ0n) is 12.0. The lowest BCUT2D eigenvalue weighted by Gasteiger charge is -2.34. The number of nitrogens with one attached hydrogen (secondary N) is 2. The first kappa shape index (κ1) is 17.7. The predicted octanol–water partition coefficient (Wildman–Crippen LogP) is 3.14. The van der Waals surface area contributed by atoms with Crippen molar-refractivity contribution in [2.75, 3.05) is 19.6 Å². The fourth-order valence-corrected chi connectivity index (χ4v) is 3.02. The Hall–Kier alpha value is -0.330. The van der Waals surface area contributed by atoms with Crippen molar-refractivity contribution in [1.29, 1.82) is 0 Å². The summed E-state index contributed by atoms with van der Waals surface area (Å²) in [6.45, 7) is 7.15. The first-order valence-corrected chi connectivity index (χ1v) is 7.84. The third-order valence-corrected chi connectivity index (χ3v) is 5.35. The van der Waals surface area contributed by atoms with E-state index in [9.17, 15) is 4.79 Å². The second-order valence-corrected chi connectivity index (χ2v) is 6.76. The predicted molar refractivity (Wildman–Crippen MR) is 93.7 cm³/mol. The maximum atomic E-state index is 12.3. The number of carbonyl (C=O) groups excluding carboxylic acids is 1. The highest BCUT2D eigenvalue weighted by Gasteiger charge is 2.27. The Morgan fingerprint density at radius 2 is 2.05 bits per heavy atom. The van der Waals surface area contributed by atoms with Gasteiger partial charge in [-0.3, -0.25) is 4.79 Å². The lowest BCUT2D eigenvalue weighted by molar-refractivity contribution is 0.0921. The number of amides is 1. The van der Waals surface area contributed by atoms with E-state index in [0.717, 1.165) is 47.2 Å². The summed E-state index contributed by atoms with van der Waals surface area (Å²) in [6.07, 6.45) is 2.25. The molecular formula is C15H22ClIN2O. The van der Waals surface area contributed by atoms with Crippen LogP contribution in [0.5, 0.6) is 0 Å². The van der Waals surface area contributed by atoms with Gasteiger partial charge < -0.3 is 10.6 Å². The van der Waals surface area contributed by atoms with Crippen molar-refractivity contribution in [3.8, 4) is 0 Å². The highest BCUT2D eigenvalue weighted by Crippen LogP contribution is 2.27. The Labute approximate surface area is 140 Å². The fourth-order valence-electron chi connectivity index (χ4n) is 2.42. The third-order valence-electron chi connectivity index (χ3n) is 3.92. The van der Waals surface area contributed by atoms with E-state index in [2.05, 4.69) is 40.1 Å². The Balaban J connectivity index is 0.00000200. The largest absolute Gasteiger partial charge is 0.351 e. The minimum absolute atomic E-state index is 0. The molecule has 1 aliphatic heterocycles. The molecule has 0 aromatic heterocycles. The summed E-state index contributed by atoms with van der Waals surface area (Å²) in [7, 11) is 0. The van der Waals surface area contributed by atoms with Gasteiger partial charge in [0.1, 0.15) is 0 Å². The van der Waals surface area contributed by atoms with E-state index in [0.29, 0.717) is 0 Å². The smallest absolute Gasteiger partial charge is 0.252 e. The van der Waals surface area contributed by atoms with Crippen LogP contribution < -0.4 is 10.6 Å². The van der Waals surface area contributed by atoms with Crippen LogP contribution in [-0.4, -0.2) is 25.5 Å². The van der Waals surface area contributed by atoms with Crippen molar-refractivity contribution in [3.63, 3.8) is 0 Å². The molecule has 112 valence electrons. The van der Waals surface area contributed by atoms with Gasteiger partial charge in [-0.15, -0.1) is 12.4 Å². The average Bonchev–Trinajstić information content (AvgIpc) is 2.40. The standard InChI is InChI=1S/C15H21IN2O.ClH/c1-11-4-3-5-12(13(11)16)14(19)18-10-15(2)6-8-17-9-7-15;/h3-5,17H,6-10H2,1-2H3,(H,18,19);1H. The van der Waals surface area contributed by atoms with Crippen LogP contribution in [0.1, 0.15) is 35.7 Å². The summed E-state index contributed by atoms with van der Waals surface area (Å²) < 4.78 is 1.05. The minimum atomic E-state index is 0. The van der Waals surface area contributed by atoms with Gasteiger partial charge in [0.2, 0.25) is 0 Å². The summed E-state index contributed by atoms with van der Waals surface area (Å²) in [5.41, 5.74) is 2.18. The molecule has 1 aliphatic rings. The van der Waals surface area contributed by atoms with E-state index >= 15 is 0 Å². The molecule has 1 fully saturated rings. The van der Waals surface area contributed by atoms with Crippen LogP contribution in [0.15, 0.2) is 18.2 Å². The van der Waals surface area contributed by atoms with Crippen molar-refractivity contribution < 1.29 is 4.79 Å². The lowest BCUT2D eigenvalue weighted by Crippen LogP contribution is -2.43. The van der Waals surface area contributed by atoms with Crippen molar-refractivity contribution in [2.45, 2.75) is 26.7 Å². The van der Waals surface area contributed by atoms with Gasteiger partial charge in [0.05, 0.1) is 5.56 Å². The van der Waals surface area contributed by atoms with Crippen LogP contribution in [-0.2, 0) is 0 Å². The van der Waals surface area contributed by atoms with Crippen LogP contribution in [0.2, 0.25) is 0 Å². The van der Waals surface area contributed by atoms with E-state index in [1.807, 2.05) is 25.1 Å². The number of halogens is 2. The van der Waals surface area contributed by atoms with Gasteiger partial charge in [-0.25, -0.2) is 0 Å². The topological polar surface area (TPSA) is 41.1 Å². The maximum Gasteiger partial charge on any atom is 0.252 e. The number of hydrogen-bond acceptors (Lipinski definition) is 2. The average molecular weight is 409 g/mol. The summed E-state index contributed by atoms with van der Waals surface area (Å²) in [5.74, 6) is 0.0489. The van der Waals surface area contributed by atoms with Gasteiger partial charge in [-0.1, -0.05) is 19.1 Å². The molecule has 3 nitrogen and oxygen atoms in total. The monoisotopic (exact) mass is 408 g/mol. The maximum absolute atomic E-state index is 12.3. The van der Waals surface area contributed by atoms with E-state index in [4.69, 9.17) is 0 Å². The molecule has 0 atom stereocenters. The molecule has 5 heteroatoms. The molecule has 0 aliphatic carbocycles. The van der Waals surface area contributed by atoms with Gasteiger partial charge in [-0.05, 0) is 72.5 Å². The second-order valence-electron chi connectivity index (χ2n) is 5.68. The van der Waals surface area contributed by atoms with E-state index in [1.165, 1.54) is 0 Å². The number of rotatable bonds is 3. The fraction of sp³-hybridized carbons (Fsp3) is 0.533. The normalized spacial score (nSPS) is 17.1. The van der Waals surface area contributed by atoms with Crippen molar-refractivity contribution in [1.82, 2.24) is 10.6 Å².